The first kappa shape index (κ1) is 16.7. The summed E-state index contributed by atoms with van der Waals surface area (Å²) in [5.41, 5.74) is 1.31. The predicted molar refractivity (Wildman–Crippen MR) is 82.3 cm³/mol. The molecule has 0 aliphatic heterocycles. The molecular weight excluding hydrogens is 250 g/mol. The number of hydrogen-bond acceptors (Lipinski definition) is 2. The molecule has 0 aromatic rings. The molecule has 112 valence electrons. The molecule has 0 fully saturated rings. The van der Waals surface area contributed by atoms with Crippen LogP contribution in [-0.2, 0) is 9.59 Å². The molecule has 0 saturated carbocycles. The van der Waals surface area contributed by atoms with Gasteiger partial charge in [-0.1, -0.05) is 38.5 Å². The zero-order chi connectivity index (χ0) is 15.3. The summed E-state index contributed by atoms with van der Waals surface area (Å²) in [6, 6.07) is -0.0887. The maximum atomic E-state index is 12.3. The smallest absolute Gasteiger partial charge is 0.217 e. The van der Waals surface area contributed by atoms with Crippen LogP contribution >= 0.6 is 0 Å². The zero-order valence-corrected chi connectivity index (χ0v) is 13.3. The molecule has 20 heavy (non-hydrogen) atoms. The molecule has 0 bridgehead atoms. The number of carbonyl (C=O) groups excluding carboxylic acids is 2. The Kier molecular flexibility index (Phi) is 5.73. The van der Waals surface area contributed by atoms with Crippen molar-refractivity contribution in [3.63, 3.8) is 0 Å². The van der Waals surface area contributed by atoms with Crippen molar-refractivity contribution >= 4 is 11.7 Å². The van der Waals surface area contributed by atoms with Crippen molar-refractivity contribution in [1.29, 1.82) is 0 Å². The summed E-state index contributed by atoms with van der Waals surface area (Å²) >= 11 is 0. The van der Waals surface area contributed by atoms with E-state index in [9.17, 15) is 9.59 Å². The van der Waals surface area contributed by atoms with E-state index in [1.54, 1.807) is 6.08 Å². The van der Waals surface area contributed by atoms with Crippen LogP contribution in [0.1, 0.15) is 53.9 Å². The van der Waals surface area contributed by atoms with E-state index in [4.69, 9.17) is 0 Å². The van der Waals surface area contributed by atoms with Crippen molar-refractivity contribution < 1.29 is 9.59 Å². The number of rotatable bonds is 1. The van der Waals surface area contributed by atoms with Crippen molar-refractivity contribution in [3.8, 4) is 0 Å². The van der Waals surface area contributed by atoms with Crippen molar-refractivity contribution in [2.75, 3.05) is 0 Å². The molecule has 0 aromatic carbocycles. The van der Waals surface area contributed by atoms with Gasteiger partial charge < -0.3 is 5.32 Å². The highest BCUT2D eigenvalue weighted by Gasteiger charge is 2.24. The molecule has 0 spiro atoms. The molecule has 1 rings (SSSR count). The van der Waals surface area contributed by atoms with Crippen molar-refractivity contribution in [2.45, 2.75) is 59.9 Å². The highest BCUT2D eigenvalue weighted by atomic mass is 16.1. The molecule has 1 N–H and O–H groups in total. The van der Waals surface area contributed by atoms with E-state index in [1.807, 2.05) is 13.0 Å². The van der Waals surface area contributed by atoms with Crippen LogP contribution in [0.25, 0.3) is 0 Å². The van der Waals surface area contributed by atoms with E-state index in [0.717, 1.165) is 19.3 Å². The first-order valence-electron chi connectivity index (χ1n) is 7.37. The SMILES string of the molecule is CC(=O)NC1CC/C(C)=C/CC(C)(C)/C=C/C(=O)[C@@H]1C. The number of hydrogen-bond donors (Lipinski definition) is 1. The monoisotopic (exact) mass is 277 g/mol. The summed E-state index contributed by atoms with van der Waals surface area (Å²) in [7, 11) is 0. The van der Waals surface area contributed by atoms with E-state index in [2.05, 4.69) is 32.2 Å². The van der Waals surface area contributed by atoms with Crippen LogP contribution < -0.4 is 5.32 Å². The van der Waals surface area contributed by atoms with Gasteiger partial charge in [-0.3, -0.25) is 9.59 Å². The fourth-order valence-corrected chi connectivity index (χ4v) is 2.36. The van der Waals surface area contributed by atoms with E-state index < -0.39 is 0 Å². The number of carbonyl (C=O) groups is 2. The normalized spacial score (nSPS) is 31.6. The Labute approximate surface area is 122 Å². The summed E-state index contributed by atoms with van der Waals surface area (Å²) in [4.78, 5) is 23.6. The second-order valence-corrected chi connectivity index (χ2v) is 6.61. The molecule has 1 aliphatic rings. The fourth-order valence-electron chi connectivity index (χ4n) is 2.36. The lowest BCUT2D eigenvalue weighted by Gasteiger charge is -2.23. The average Bonchev–Trinajstić information content (AvgIpc) is 2.37. The lowest BCUT2D eigenvalue weighted by molar-refractivity contribution is -0.122. The summed E-state index contributed by atoms with van der Waals surface area (Å²) in [6.07, 6.45) is 8.58. The van der Waals surface area contributed by atoms with Crippen molar-refractivity contribution in [3.05, 3.63) is 23.8 Å². The molecule has 3 nitrogen and oxygen atoms in total. The second-order valence-electron chi connectivity index (χ2n) is 6.61. The molecule has 3 heteroatoms. The highest BCUT2D eigenvalue weighted by molar-refractivity contribution is 5.92. The molecule has 1 amide bonds. The minimum atomic E-state index is -0.183. The fraction of sp³-hybridized carbons (Fsp3) is 0.647. The third kappa shape index (κ3) is 5.32. The van der Waals surface area contributed by atoms with E-state index >= 15 is 0 Å². The van der Waals surface area contributed by atoms with Gasteiger partial charge in [-0.2, -0.15) is 0 Å². The second kappa shape index (κ2) is 6.87. The maximum absolute atomic E-state index is 12.3. The van der Waals surface area contributed by atoms with Gasteiger partial charge in [0.15, 0.2) is 5.78 Å². The third-order valence-corrected chi connectivity index (χ3v) is 3.97. The quantitative estimate of drug-likeness (QED) is 0.747. The molecule has 0 aromatic heterocycles. The Balaban J connectivity index is 2.99. The molecule has 1 aliphatic carbocycles. The van der Waals surface area contributed by atoms with Gasteiger partial charge in [0.05, 0.1) is 0 Å². The summed E-state index contributed by atoms with van der Waals surface area (Å²) in [6.45, 7) is 9.79. The van der Waals surface area contributed by atoms with Crippen LogP contribution in [0.15, 0.2) is 23.8 Å². The number of ketones is 1. The molecule has 2 atom stereocenters. The highest BCUT2D eigenvalue weighted by Crippen LogP contribution is 2.26. The summed E-state index contributed by atoms with van der Waals surface area (Å²) in [5, 5.41) is 2.92. The van der Waals surface area contributed by atoms with Crippen LogP contribution in [-0.4, -0.2) is 17.7 Å². The molecule has 0 radical (unpaired) electrons. The lowest BCUT2D eigenvalue weighted by Crippen LogP contribution is -2.40. The van der Waals surface area contributed by atoms with E-state index in [0.29, 0.717) is 0 Å². The van der Waals surface area contributed by atoms with Crippen molar-refractivity contribution in [1.82, 2.24) is 5.32 Å². The van der Waals surface area contributed by atoms with Gasteiger partial charge in [-0.15, -0.1) is 0 Å². The Morgan fingerprint density at radius 1 is 1.40 bits per heavy atom. The molecular formula is C17H27NO2. The first-order valence-corrected chi connectivity index (χ1v) is 7.37. The predicted octanol–water partition coefficient (Wildman–Crippen LogP) is 3.41. The van der Waals surface area contributed by atoms with Gasteiger partial charge in [0, 0.05) is 18.9 Å². The van der Waals surface area contributed by atoms with E-state index in [-0.39, 0.29) is 29.1 Å². The summed E-state index contributed by atoms with van der Waals surface area (Å²) < 4.78 is 0. The van der Waals surface area contributed by atoms with Gasteiger partial charge in [0.25, 0.3) is 0 Å². The zero-order valence-electron chi connectivity index (χ0n) is 13.3. The van der Waals surface area contributed by atoms with Crippen LogP contribution in [0.2, 0.25) is 0 Å². The van der Waals surface area contributed by atoms with Crippen LogP contribution in [0.5, 0.6) is 0 Å². The summed E-state index contributed by atoms with van der Waals surface area (Å²) in [5.74, 6) is -0.163. The van der Waals surface area contributed by atoms with Crippen LogP contribution in [0.3, 0.4) is 0 Å². The van der Waals surface area contributed by atoms with Gasteiger partial charge in [0.2, 0.25) is 5.91 Å². The van der Waals surface area contributed by atoms with Crippen molar-refractivity contribution in [2.24, 2.45) is 11.3 Å². The van der Waals surface area contributed by atoms with E-state index in [1.165, 1.54) is 12.5 Å². The minimum absolute atomic E-state index is 0.00944. The standard InChI is InChI=1S/C17H27NO2/c1-12-6-7-15(18-14(3)19)13(2)16(20)9-11-17(4,5)10-8-12/h8-9,11,13,15H,6-7,10H2,1-5H3,(H,18,19)/b11-9+,12-8+/t13-,15?/m1/s1. The lowest BCUT2D eigenvalue weighted by atomic mass is 9.87. The molecule has 1 unspecified atom stereocenters. The maximum Gasteiger partial charge on any atom is 0.217 e. The Bertz CT molecular complexity index is 432. The largest absolute Gasteiger partial charge is 0.353 e. The number of amides is 1. The third-order valence-electron chi connectivity index (χ3n) is 3.97. The van der Waals surface area contributed by atoms with Gasteiger partial charge in [0.1, 0.15) is 0 Å². The topological polar surface area (TPSA) is 46.2 Å². The minimum Gasteiger partial charge on any atom is -0.353 e. The van der Waals surface area contributed by atoms with Gasteiger partial charge in [-0.25, -0.2) is 0 Å². The van der Waals surface area contributed by atoms with Crippen LogP contribution in [0.4, 0.5) is 0 Å². The number of nitrogens with one attached hydrogen (secondary N) is 1. The first-order chi connectivity index (χ1) is 9.21. The Morgan fingerprint density at radius 2 is 2.05 bits per heavy atom. The van der Waals surface area contributed by atoms with Gasteiger partial charge in [-0.05, 0) is 37.7 Å². The number of allylic oxidation sites excluding steroid dienone is 4. The molecule has 0 saturated heterocycles. The molecule has 0 heterocycles. The average molecular weight is 277 g/mol. The Hall–Kier alpha value is -1.38. The van der Waals surface area contributed by atoms with Crippen LogP contribution in [0, 0.1) is 11.3 Å². The van der Waals surface area contributed by atoms with Gasteiger partial charge >= 0.3 is 0 Å². The Morgan fingerprint density at radius 3 is 2.65 bits per heavy atom.